The highest BCUT2D eigenvalue weighted by Crippen LogP contribution is 2.39. The minimum absolute atomic E-state index is 0.327. The Bertz CT molecular complexity index is 275. The van der Waals surface area contributed by atoms with Gasteiger partial charge in [0.2, 0.25) is 0 Å². The van der Waals surface area contributed by atoms with Gasteiger partial charge in [-0.05, 0) is 18.8 Å². The quantitative estimate of drug-likeness (QED) is 0.664. The molecule has 4 nitrogen and oxygen atoms in total. The van der Waals surface area contributed by atoms with Gasteiger partial charge in [-0.15, -0.1) is 0 Å². The fourth-order valence-electron chi connectivity index (χ4n) is 1.93. The Kier molecular flexibility index (Phi) is 5.45. The third kappa shape index (κ3) is 4.36. The fraction of sp³-hybridized carbons (Fsp3) is 0.846. The molecule has 1 aliphatic rings. The fourth-order valence-corrected chi connectivity index (χ4v) is 1.93. The summed E-state index contributed by atoms with van der Waals surface area (Å²) >= 11 is 0. The number of unbranched alkanes of at least 4 members (excludes halogenated alkanes) is 1. The second-order valence-electron chi connectivity index (χ2n) is 4.83. The maximum Gasteiger partial charge on any atom is 0.309 e. The summed E-state index contributed by atoms with van der Waals surface area (Å²) in [6.45, 7) is 4.67. The molecule has 0 aromatic carbocycles. The lowest BCUT2D eigenvalue weighted by molar-refractivity contribution is -0.150. The van der Waals surface area contributed by atoms with Gasteiger partial charge in [0.05, 0.1) is 18.4 Å². The highest BCUT2D eigenvalue weighted by atomic mass is 16.5. The highest BCUT2D eigenvalue weighted by Gasteiger charge is 2.49. The number of rotatable bonds is 8. The van der Waals surface area contributed by atoms with Crippen LogP contribution in [0.4, 0.5) is 0 Å². The van der Waals surface area contributed by atoms with Crippen molar-refractivity contribution >= 4 is 11.9 Å². The number of carboxylic acids is 1. The normalized spacial score (nSPS) is 24.1. The smallest absolute Gasteiger partial charge is 0.309 e. The van der Waals surface area contributed by atoms with Gasteiger partial charge in [-0.3, -0.25) is 9.59 Å². The summed E-state index contributed by atoms with van der Waals surface area (Å²) in [5.74, 6) is -1.69. The van der Waals surface area contributed by atoms with Crippen molar-refractivity contribution in [1.82, 2.24) is 0 Å². The number of hydrogen-bond donors (Lipinski definition) is 1. The molecule has 17 heavy (non-hydrogen) atoms. The minimum Gasteiger partial charge on any atom is -0.481 e. The Labute approximate surface area is 102 Å². The molecule has 0 aromatic heterocycles. The molecule has 3 atom stereocenters. The Morgan fingerprint density at radius 1 is 1.35 bits per heavy atom. The van der Waals surface area contributed by atoms with E-state index in [1.165, 1.54) is 0 Å². The second kappa shape index (κ2) is 6.62. The highest BCUT2D eigenvalue weighted by molar-refractivity contribution is 5.86. The zero-order chi connectivity index (χ0) is 12.8. The van der Waals surface area contributed by atoms with E-state index in [1.807, 2.05) is 0 Å². The number of esters is 1. The molecule has 1 rings (SSSR count). The van der Waals surface area contributed by atoms with Crippen molar-refractivity contribution < 1.29 is 19.4 Å². The molecule has 98 valence electrons. The molecule has 1 unspecified atom stereocenters. The lowest BCUT2D eigenvalue weighted by Gasteiger charge is -2.14. The molecule has 0 amide bonds. The summed E-state index contributed by atoms with van der Waals surface area (Å²) in [5, 5.41) is 8.70. The van der Waals surface area contributed by atoms with Crippen LogP contribution in [0.2, 0.25) is 0 Å². The van der Waals surface area contributed by atoms with E-state index in [-0.39, 0.29) is 5.97 Å². The van der Waals surface area contributed by atoms with E-state index in [2.05, 4.69) is 13.8 Å². The number of carbonyl (C=O) groups is 2. The molecule has 1 fully saturated rings. The number of aliphatic carboxylic acids is 1. The zero-order valence-corrected chi connectivity index (χ0v) is 10.6. The van der Waals surface area contributed by atoms with E-state index < -0.39 is 17.8 Å². The van der Waals surface area contributed by atoms with Crippen LogP contribution < -0.4 is 0 Å². The van der Waals surface area contributed by atoms with Gasteiger partial charge in [0, 0.05) is 0 Å². The average Bonchev–Trinajstić information content (AvgIpc) is 3.09. The third-order valence-electron chi connectivity index (χ3n) is 3.41. The molecule has 0 aromatic rings. The van der Waals surface area contributed by atoms with E-state index >= 15 is 0 Å². The molecule has 0 saturated heterocycles. The summed E-state index contributed by atoms with van der Waals surface area (Å²) in [4.78, 5) is 22.1. The average molecular weight is 242 g/mol. The molecule has 1 saturated carbocycles. The van der Waals surface area contributed by atoms with Crippen LogP contribution in [0.1, 0.15) is 46.0 Å². The number of carboxylic acid groups (broad SMARTS) is 1. The Morgan fingerprint density at radius 2 is 2.06 bits per heavy atom. The molecule has 0 spiro atoms. The van der Waals surface area contributed by atoms with Crippen LogP contribution in [0.25, 0.3) is 0 Å². The molecule has 0 bridgehead atoms. The van der Waals surface area contributed by atoms with Crippen molar-refractivity contribution in [3.63, 3.8) is 0 Å². The monoisotopic (exact) mass is 242 g/mol. The molecule has 0 radical (unpaired) electrons. The van der Waals surface area contributed by atoms with Gasteiger partial charge in [-0.2, -0.15) is 0 Å². The number of hydrogen-bond acceptors (Lipinski definition) is 3. The first-order valence-electron chi connectivity index (χ1n) is 6.49. The van der Waals surface area contributed by atoms with Crippen LogP contribution in [-0.2, 0) is 14.3 Å². The predicted molar refractivity (Wildman–Crippen MR) is 63.5 cm³/mol. The van der Waals surface area contributed by atoms with Crippen LogP contribution in [0.5, 0.6) is 0 Å². The third-order valence-corrected chi connectivity index (χ3v) is 3.41. The van der Waals surface area contributed by atoms with Gasteiger partial charge < -0.3 is 9.84 Å². The standard InChI is InChI=1S/C13H22O4/c1-3-5-6-9(4-2)8-17-13(16)11-7-10(11)12(14)15/h9-11H,3-8H2,1-2H3,(H,14,15)/t9?,10-,11-/m1/s1. The van der Waals surface area contributed by atoms with Gasteiger partial charge in [0.15, 0.2) is 0 Å². The topological polar surface area (TPSA) is 63.6 Å². The number of carbonyl (C=O) groups excluding carboxylic acids is 1. The van der Waals surface area contributed by atoms with Crippen LogP contribution >= 0.6 is 0 Å². The van der Waals surface area contributed by atoms with Crippen LogP contribution in [0.15, 0.2) is 0 Å². The van der Waals surface area contributed by atoms with Gasteiger partial charge in [0.1, 0.15) is 0 Å². The first kappa shape index (κ1) is 14.0. The lowest BCUT2D eigenvalue weighted by atomic mass is 10.0. The van der Waals surface area contributed by atoms with Crippen molar-refractivity contribution in [2.24, 2.45) is 17.8 Å². The van der Waals surface area contributed by atoms with Crippen LogP contribution in [0, 0.1) is 17.8 Å². The summed E-state index contributed by atoms with van der Waals surface area (Å²) in [7, 11) is 0. The van der Waals surface area contributed by atoms with Crippen molar-refractivity contribution in [3.05, 3.63) is 0 Å². The Hall–Kier alpha value is -1.06. The molecular formula is C13H22O4. The second-order valence-corrected chi connectivity index (χ2v) is 4.83. The Balaban J connectivity index is 2.21. The summed E-state index contributed by atoms with van der Waals surface area (Å²) in [6.07, 6.45) is 4.82. The van der Waals surface area contributed by atoms with Gasteiger partial charge in [-0.25, -0.2) is 0 Å². The zero-order valence-electron chi connectivity index (χ0n) is 10.6. The summed E-state index contributed by atoms with van der Waals surface area (Å²) < 4.78 is 5.19. The molecule has 4 heteroatoms. The lowest BCUT2D eigenvalue weighted by Crippen LogP contribution is -2.16. The largest absolute Gasteiger partial charge is 0.481 e. The van der Waals surface area contributed by atoms with E-state index in [1.54, 1.807) is 0 Å². The minimum atomic E-state index is -0.884. The van der Waals surface area contributed by atoms with Crippen LogP contribution in [0.3, 0.4) is 0 Å². The predicted octanol–water partition coefficient (Wildman–Crippen LogP) is 2.47. The summed E-state index contributed by atoms with van der Waals surface area (Å²) in [5.41, 5.74) is 0. The maximum atomic E-state index is 11.5. The molecular weight excluding hydrogens is 220 g/mol. The van der Waals surface area contributed by atoms with Gasteiger partial charge in [0.25, 0.3) is 0 Å². The molecule has 0 heterocycles. The number of ether oxygens (including phenoxy) is 1. The maximum absolute atomic E-state index is 11.5. The van der Waals surface area contributed by atoms with E-state index in [0.717, 1.165) is 25.7 Å². The van der Waals surface area contributed by atoms with Crippen LogP contribution in [-0.4, -0.2) is 23.7 Å². The van der Waals surface area contributed by atoms with E-state index in [9.17, 15) is 9.59 Å². The van der Waals surface area contributed by atoms with Crippen molar-refractivity contribution in [1.29, 1.82) is 0 Å². The van der Waals surface area contributed by atoms with Gasteiger partial charge >= 0.3 is 11.9 Å². The summed E-state index contributed by atoms with van der Waals surface area (Å²) in [6, 6.07) is 0. The van der Waals surface area contributed by atoms with Crippen molar-refractivity contribution in [2.45, 2.75) is 46.0 Å². The van der Waals surface area contributed by atoms with E-state index in [0.29, 0.717) is 18.9 Å². The molecule has 1 aliphatic carbocycles. The SMILES string of the molecule is CCCCC(CC)COC(=O)[C@@H]1C[C@H]1C(=O)O. The first-order valence-corrected chi connectivity index (χ1v) is 6.49. The van der Waals surface area contributed by atoms with Gasteiger partial charge in [-0.1, -0.05) is 33.1 Å². The van der Waals surface area contributed by atoms with Crippen molar-refractivity contribution in [2.75, 3.05) is 6.61 Å². The Morgan fingerprint density at radius 3 is 2.53 bits per heavy atom. The molecule has 1 N–H and O–H groups in total. The first-order chi connectivity index (χ1) is 8.10. The van der Waals surface area contributed by atoms with E-state index in [4.69, 9.17) is 9.84 Å². The molecule has 0 aliphatic heterocycles. The van der Waals surface area contributed by atoms with Crippen molar-refractivity contribution in [3.8, 4) is 0 Å².